The maximum Gasteiger partial charge on any atom is 0.174 e. The van der Waals surface area contributed by atoms with Crippen LogP contribution in [-0.2, 0) is 6.42 Å². The molecule has 2 rings (SSSR count). The number of nitrogens with zero attached hydrogens (tertiary/aromatic N) is 2. The lowest BCUT2D eigenvalue weighted by Crippen LogP contribution is -2.03. The molecule has 0 fully saturated rings. The summed E-state index contributed by atoms with van der Waals surface area (Å²) >= 11 is 3.11. The molecule has 0 bridgehead atoms. The van der Waals surface area contributed by atoms with Crippen LogP contribution in [0, 0.1) is 13.8 Å². The molecular weight excluding hydrogens is 250 g/mol. The number of hydrogen-bond acceptors (Lipinski definition) is 5. The molecule has 1 heterocycles. The van der Waals surface area contributed by atoms with Crippen molar-refractivity contribution < 1.29 is 0 Å². The summed E-state index contributed by atoms with van der Waals surface area (Å²) in [6, 6.07) is 6.46. The topological polar surface area (TPSA) is 51.8 Å². The number of rotatable bonds is 4. The second-order valence-electron chi connectivity index (χ2n) is 3.84. The normalized spacial score (nSPS) is 10.8. The third kappa shape index (κ3) is 3.28. The van der Waals surface area contributed by atoms with Gasteiger partial charge in [0, 0.05) is 4.90 Å². The van der Waals surface area contributed by atoms with Crippen molar-refractivity contribution >= 4 is 23.3 Å². The van der Waals surface area contributed by atoms with Gasteiger partial charge in [-0.25, -0.2) is 4.98 Å². The predicted octanol–water partition coefficient (Wildman–Crippen LogP) is 2.81. The van der Waals surface area contributed by atoms with Crippen LogP contribution in [0.1, 0.15) is 17.0 Å². The Morgan fingerprint density at radius 3 is 2.76 bits per heavy atom. The number of aromatic nitrogens is 2. The zero-order valence-corrected chi connectivity index (χ0v) is 11.6. The fourth-order valence-electron chi connectivity index (χ4n) is 1.59. The Hall–Kier alpha value is -0.910. The van der Waals surface area contributed by atoms with Crippen LogP contribution in [-0.4, -0.2) is 15.9 Å². The van der Waals surface area contributed by atoms with Gasteiger partial charge in [0.2, 0.25) is 0 Å². The first-order valence-corrected chi connectivity index (χ1v) is 7.06. The highest BCUT2D eigenvalue weighted by Gasteiger charge is 2.05. The quantitative estimate of drug-likeness (QED) is 0.923. The smallest absolute Gasteiger partial charge is 0.174 e. The van der Waals surface area contributed by atoms with E-state index in [1.807, 2.05) is 6.92 Å². The average molecular weight is 265 g/mol. The van der Waals surface area contributed by atoms with Gasteiger partial charge in [0.05, 0.1) is 0 Å². The molecule has 0 saturated carbocycles. The Kier molecular flexibility index (Phi) is 4.15. The summed E-state index contributed by atoms with van der Waals surface area (Å²) in [5.41, 5.74) is 8.19. The maximum absolute atomic E-state index is 5.57. The van der Waals surface area contributed by atoms with E-state index in [4.69, 9.17) is 5.73 Å². The van der Waals surface area contributed by atoms with Gasteiger partial charge in [-0.15, -0.1) is 0 Å². The van der Waals surface area contributed by atoms with Crippen LogP contribution in [0.25, 0.3) is 0 Å². The molecule has 1 aromatic carbocycles. The first kappa shape index (κ1) is 12.5. The van der Waals surface area contributed by atoms with Gasteiger partial charge < -0.3 is 5.73 Å². The maximum atomic E-state index is 5.57. The SMILES string of the molecule is Cc1nsc(Sc2ccc(CCN)c(C)c2)n1. The lowest BCUT2D eigenvalue weighted by molar-refractivity contribution is 0.954. The van der Waals surface area contributed by atoms with Crippen LogP contribution in [0.3, 0.4) is 0 Å². The molecule has 90 valence electrons. The largest absolute Gasteiger partial charge is 0.330 e. The summed E-state index contributed by atoms with van der Waals surface area (Å²) in [5, 5.41) is 0. The highest BCUT2D eigenvalue weighted by Crippen LogP contribution is 2.30. The van der Waals surface area contributed by atoms with Gasteiger partial charge in [0.1, 0.15) is 5.82 Å². The number of hydrogen-bond donors (Lipinski definition) is 1. The summed E-state index contributed by atoms with van der Waals surface area (Å²) in [4.78, 5) is 5.55. The van der Waals surface area contributed by atoms with Crippen LogP contribution in [0.4, 0.5) is 0 Å². The molecule has 1 aromatic heterocycles. The van der Waals surface area contributed by atoms with E-state index < -0.39 is 0 Å². The summed E-state index contributed by atoms with van der Waals surface area (Å²) < 4.78 is 5.17. The van der Waals surface area contributed by atoms with Gasteiger partial charge in [-0.3, -0.25) is 0 Å². The van der Waals surface area contributed by atoms with Gasteiger partial charge >= 0.3 is 0 Å². The van der Waals surface area contributed by atoms with E-state index in [2.05, 4.69) is 34.5 Å². The molecule has 0 radical (unpaired) electrons. The first-order valence-electron chi connectivity index (χ1n) is 5.47. The minimum atomic E-state index is 0.697. The van der Waals surface area contributed by atoms with Gasteiger partial charge in [-0.2, -0.15) is 4.37 Å². The Morgan fingerprint density at radius 1 is 1.35 bits per heavy atom. The van der Waals surface area contributed by atoms with Crippen molar-refractivity contribution in [1.82, 2.24) is 9.36 Å². The molecule has 0 aliphatic carbocycles. The second-order valence-corrected chi connectivity index (χ2v) is 5.91. The number of nitrogens with two attached hydrogens (primary N) is 1. The fraction of sp³-hybridized carbons (Fsp3) is 0.333. The van der Waals surface area contributed by atoms with E-state index in [-0.39, 0.29) is 0 Å². The molecule has 5 heteroatoms. The van der Waals surface area contributed by atoms with E-state index in [0.717, 1.165) is 16.6 Å². The summed E-state index contributed by atoms with van der Waals surface area (Å²) in [5.74, 6) is 0.842. The Morgan fingerprint density at radius 2 is 2.18 bits per heavy atom. The zero-order chi connectivity index (χ0) is 12.3. The molecule has 0 saturated heterocycles. The van der Waals surface area contributed by atoms with Gasteiger partial charge in [-0.1, -0.05) is 17.8 Å². The zero-order valence-electron chi connectivity index (χ0n) is 9.93. The van der Waals surface area contributed by atoms with Gasteiger partial charge in [-0.05, 0) is 61.6 Å². The molecule has 0 aliphatic rings. The van der Waals surface area contributed by atoms with Crippen molar-refractivity contribution in [2.75, 3.05) is 6.54 Å². The average Bonchev–Trinajstić information content (AvgIpc) is 2.68. The minimum Gasteiger partial charge on any atom is -0.330 e. The van der Waals surface area contributed by atoms with E-state index in [1.54, 1.807) is 11.8 Å². The molecule has 0 unspecified atom stereocenters. The van der Waals surface area contributed by atoms with Crippen molar-refractivity contribution in [3.63, 3.8) is 0 Å². The van der Waals surface area contributed by atoms with Crippen LogP contribution >= 0.6 is 23.3 Å². The molecule has 3 nitrogen and oxygen atoms in total. The summed E-state index contributed by atoms with van der Waals surface area (Å²) in [6.45, 7) is 4.74. The Bertz CT molecular complexity index is 508. The molecule has 0 aliphatic heterocycles. The monoisotopic (exact) mass is 265 g/mol. The lowest BCUT2D eigenvalue weighted by atomic mass is 10.1. The van der Waals surface area contributed by atoms with Gasteiger partial charge in [0.25, 0.3) is 0 Å². The van der Waals surface area contributed by atoms with E-state index in [0.29, 0.717) is 6.54 Å². The molecular formula is C12H15N3S2. The molecule has 2 aromatic rings. The minimum absolute atomic E-state index is 0.697. The third-order valence-corrected chi connectivity index (χ3v) is 4.27. The van der Waals surface area contributed by atoms with Crippen LogP contribution in [0.2, 0.25) is 0 Å². The molecule has 17 heavy (non-hydrogen) atoms. The van der Waals surface area contributed by atoms with Crippen LogP contribution in [0.5, 0.6) is 0 Å². The highest BCUT2D eigenvalue weighted by atomic mass is 32.2. The van der Waals surface area contributed by atoms with E-state index in [1.165, 1.54) is 27.6 Å². The van der Waals surface area contributed by atoms with Crippen molar-refractivity contribution in [3.8, 4) is 0 Å². The van der Waals surface area contributed by atoms with Gasteiger partial charge in [0.15, 0.2) is 4.34 Å². The second kappa shape index (κ2) is 5.62. The van der Waals surface area contributed by atoms with Crippen molar-refractivity contribution in [3.05, 3.63) is 35.2 Å². The molecule has 0 atom stereocenters. The van der Waals surface area contributed by atoms with E-state index >= 15 is 0 Å². The van der Waals surface area contributed by atoms with Crippen molar-refractivity contribution in [2.45, 2.75) is 29.5 Å². The summed E-state index contributed by atoms with van der Waals surface area (Å²) in [7, 11) is 0. The standard InChI is InChI=1S/C12H15N3S2/c1-8-7-11(4-3-10(8)5-6-13)16-12-14-9(2)15-17-12/h3-4,7H,5-6,13H2,1-2H3. The lowest BCUT2D eigenvalue weighted by Gasteiger charge is -2.06. The van der Waals surface area contributed by atoms with Crippen molar-refractivity contribution in [1.29, 1.82) is 0 Å². The number of aryl methyl sites for hydroxylation is 2. The third-order valence-electron chi connectivity index (χ3n) is 2.44. The van der Waals surface area contributed by atoms with E-state index in [9.17, 15) is 0 Å². The Balaban J connectivity index is 2.14. The molecule has 0 spiro atoms. The first-order chi connectivity index (χ1) is 8.19. The van der Waals surface area contributed by atoms with Crippen molar-refractivity contribution in [2.24, 2.45) is 5.73 Å². The molecule has 2 N–H and O–H groups in total. The predicted molar refractivity (Wildman–Crippen MR) is 72.7 cm³/mol. The van der Waals surface area contributed by atoms with Crippen LogP contribution in [0.15, 0.2) is 27.4 Å². The molecule has 0 amide bonds. The Labute approximate surface area is 110 Å². The summed E-state index contributed by atoms with van der Waals surface area (Å²) in [6.07, 6.45) is 0.939. The number of benzene rings is 1. The fourth-order valence-corrected chi connectivity index (χ4v) is 3.31. The van der Waals surface area contributed by atoms with Crippen LogP contribution < -0.4 is 5.73 Å². The highest BCUT2D eigenvalue weighted by molar-refractivity contribution is 8.01.